The van der Waals surface area contributed by atoms with Crippen molar-refractivity contribution in [2.24, 2.45) is 45.3 Å². The SMILES string of the molecule is CCOC(=O)C1=C(C)C2[C@H]3C(=O)N(c4ccc(S(N)(=O)=O)cc4)C(=O)[C@@H]3C1(C)[C@@H]1C(=O)N(c3ccc(S(N)(=O)=O)cc3)C(=O)[C@@H]21. The average Bonchev–Trinajstić information content (AvgIpc) is 3.38. The van der Waals surface area contributed by atoms with Gasteiger partial charge in [0.15, 0.2) is 0 Å². The summed E-state index contributed by atoms with van der Waals surface area (Å²) in [6.45, 7) is 4.69. The van der Waals surface area contributed by atoms with Gasteiger partial charge in [-0.1, -0.05) is 12.5 Å². The first-order valence-electron chi connectivity index (χ1n) is 13.9. The van der Waals surface area contributed by atoms with E-state index < -0.39 is 84.6 Å². The van der Waals surface area contributed by atoms with E-state index in [9.17, 15) is 40.8 Å². The number of esters is 1. The monoisotopic (exact) mass is 656 g/mol. The maximum absolute atomic E-state index is 14.2. The standard InChI is InChI=1S/C29H28N4O10S2/c1-4-43-28(38)21-13(2)18-19-22(26(36)32(24(19)34)14-5-9-16(10-6-14)44(30,39)40)29(21,3)23-20(18)25(35)33(27(23)37)15-7-11-17(12-8-15)45(31,41)42/h5-12,18-20,22-23H,4H2,1-3H3,(H2,30,39,40)(H2,31,41,42)/t18?,19-,20+,22-,23+,29?. The van der Waals surface area contributed by atoms with Gasteiger partial charge in [0.2, 0.25) is 43.7 Å². The van der Waals surface area contributed by atoms with Crippen LogP contribution in [-0.2, 0) is 48.8 Å². The summed E-state index contributed by atoms with van der Waals surface area (Å²) < 4.78 is 52.4. The zero-order chi connectivity index (χ0) is 33.0. The van der Waals surface area contributed by atoms with Gasteiger partial charge in [-0.15, -0.1) is 0 Å². The fraction of sp³-hybridized carbons (Fsp3) is 0.345. The van der Waals surface area contributed by atoms with Crippen molar-refractivity contribution in [3.05, 3.63) is 59.7 Å². The summed E-state index contributed by atoms with van der Waals surface area (Å²) in [6, 6.07) is 9.63. The molecule has 16 heteroatoms. The van der Waals surface area contributed by atoms with E-state index in [1.165, 1.54) is 31.2 Å². The average molecular weight is 657 g/mol. The highest BCUT2D eigenvalue weighted by atomic mass is 32.2. The fourth-order valence-corrected chi connectivity index (χ4v) is 8.92. The molecule has 0 radical (unpaired) electrons. The second-order valence-electron chi connectivity index (χ2n) is 11.7. The van der Waals surface area contributed by atoms with Crippen LogP contribution in [0.25, 0.3) is 0 Å². The Kier molecular flexibility index (Phi) is 6.75. The Morgan fingerprint density at radius 2 is 1.11 bits per heavy atom. The van der Waals surface area contributed by atoms with Crippen LogP contribution in [0.4, 0.5) is 11.4 Å². The molecule has 0 spiro atoms. The Balaban J connectivity index is 1.49. The van der Waals surface area contributed by atoms with Crippen molar-refractivity contribution in [2.75, 3.05) is 16.4 Å². The van der Waals surface area contributed by atoms with Crippen LogP contribution in [0, 0.1) is 35.0 Å². The number of ether oxygens (including phenoxy) is 1. The lowest BCUT2D eigenvalue weighted by molar-refractivity contribution is -0.155. The number of allylic oxidation sites excluding steroid dienone is 1. The summed E-state index contributed by atoms with van der Waals surface area (Å²) in [6.07, 6.45) is 0. The van der Waals surface area contributed by atoms with E-state index in [2.05, 4.69) is 0 Å². The normalized spacial score (nSPS) is 29.4. The molecule has 2 unspecified atom stereocenters. The Morgan fingerprint density at radius 3 is 1.44 bits per heavy atom. The van der Waals surface area contributed by atoms with Gasteiger partial charge >= 0.3 is 5.97 Å². The molecule has 1 saturated carbocycles. The van der Waals surface area contributed by atoms with Crippen LogP contribution in [-0.4, -0.2) is 53.0 Å². The highest BCUT2D eigenvalue weighted by Gasteiger charge is 2.77. The molecule has 45 heavy (non-hydrogen) atoms. The van der Waals surface area contributed by atoms with Crippen LogP contribution in [0.1, 0.15) is 20.8 Å². The molecule has 2 aromatic rings. The lowest BCUT2D eigenvalue weighted by Gasteiger charge is -2.55. The van der Waals surface area contributed by atoms with Gasteiger partial charge in [0.25, 0.3) is 0 Å². The molecule has 2 aromatic carbocycles. The van der Waals surface area contributed by atoms with Gasteiger partial charge in [0, 0.05) is 16.9 Å². The number of carbonyl (C=O) groups excluding carboxylic acids is 5. The molecule has 6 atom stereocenters. The summed E-state index contributed by atoms with van der Waals surface area (Å²) in [5.41, 5.74) is -1.13. The highest BCUT2D eigenvalue weighted by molar-refractivity contribution is 7.89. The van der Waals surface area contributed by atoms with Crippen molar-refractivity contribution >= 4 is 61.0 Å². The lowest BCUT2D eigenvalue weighted by atomic mass is 9.43. The lowest BCUT2D eigenvalue weighted by Crippen LogP contribution is -2.61. The van der Waals surface area contributed by atoms with Gasteiger partial charge in [0.05, 0.1) is 51.4 Å². The minimum absolute atomic E-state index is 0.0106. The summed E-state index contributed by atoms with van der Waals surface area (Å²) >= 11 is 0. The molecule has 0 aromatic heterocycles. The van der Waals surface area contributed by atoms with Gasteiger partial charge < -0.3 is 4.74 Å². The van der Waals surface area contributed by atoms with Gasteiger partial charge in [0.1, 0.15) is 0 Å². The molecular weight excluding hydrogens is 628 g/mol. The van der Waals surface area contributed by atoms with Gasteiger partial charge in [-0.25, -0.2) is 31.9 Å². The van der Waals surface area contributed by atoms with Crippen LogP contribution in [0.3, 0.4) is 0 Å². The Bertz CT molecular complexity index is 1850. The summed E-state index contributed by atoms with van der Waals surface area (Å²) in [5.74, 6) is -9.29. The number of primary sulfonamides is 2. The van der Waals surface area contributed by atoms with Crippen LogP contribution in [0.5, 0.6) is 0 Å². The maximum Gasteiger partial charge on any atom is 0.334 e. The summed E-state index contributed by atoms with van der Waals surface area (Å²) in [7, 11) is -8.12. The van der Waals surface area contributed by atoms with Gasteiger partial charge in [-0.05, 0) is 62.4 Å². The quantitative estimate of drug-likeness (QED) is 0.322. The minimum atomic E-state index is -4.06. The molecule has 2 aliphatic heterocycles. The number of anilines is 2. The largest absolute Gasteiger partial charge is 0.463 e. The van der Waals surface area contributed by atoms with E-state index >= 15 is 0 Å². The van der Waals surface area contributed by atoms with E-state index in [1.807, 2.05) is 0 Å². The van der Waals surface area contributed by atoms with E-state index in [-0.39, 0.29) is 33.3 Å². The smallest absolute Gasteiger partial charge is 0.334 e. The van der Waals surface area contributed by atoms with Crippen molar-refractivity contribution in [1.82, 2.24) is 0 Å². The number of nitrogens with zero attached hydrogens (tertiary/aromatic N) is 2. The first kappa shape index (κ1) is 30.8. The van der Waals surface area contributed by atoms with E-state index in [4.69, 9.17) is 15.0 Å². The predicted molar refractivity (Wildman–Crippen MR) is 156 cm³/mol. The topological polar surface area (TPSA) is 221 Å². The number of imide groups is 2. The van der Waals surface area contributed by atoms with Crippen LogP contribution in [0.15, 0.2) is 69.5 Å². The minimum Gasteiger partial charge on any atom is -0.463 e. The van der Waals surface area contributed by atoms with E-state index in [1.54, 1.807) is 13.8 Å². The van der Waals surface area contributed by atoms with Crippen molar-refractivity contribution in [1.29, 1.82) is 0 Å². The molecule has 2 saturated heterocycles. The summed E-state index contributed by atoms with van der Waals surface area (Å²) in [5, 5.41) is 10.4. The zero-order valence-corrected chi connectivity index (χ0v) is 25.8. The van der Waals surface area contributed by atoms with Crippen molar-refractivity contribution in [3.63, 3.8) is 0 Å². The molecule has 2 heterocycles. The van der Waals surface area contributed by atoms with Gasteiger partial charge in [-0.3, -0.25) is 29.0 Å². The number of amides is 4. The highest BCUT2D eigenvalue weighted by Crippen LogP contribution is 2.68. The number of sulfonamides is 2. The second-order valence-corrected chi connectivity index (χ2v) is 14.8. The number of nitrogens with two attached hydrogens (primary N) is 2. The predicted octanol–water partition coefficient (Wildman–Crippen LogP) is 0.422. The number of hydrogen-bond acceptors (Lipinski definition) is 10. The molecule has 4 amide bonds. The third kappa shape index (κ3) is 4.16. The zero-order valence-electron chi connectivity index (χ0n) is 24.2. The Hall–Kier alpha value is -4.25. The van der Waals surface area contributed by atoms with Crippen LogP contribution in [0.2, 0.25) is 0 Å². The third-order valence-corrected chi connectivity index (χ3v) is 11.4. The Morgan fingerprint density at radius 1 is 0.733 bits per heavy atom. The van der Waals surface area contributed by atoms with Crippen molar-refractivity contribution in [3.8, 4) is 0 Å². The molecule has 5 aliphatic rings. The number of carbonyl (C=O) groups is 5. The first-order valence-corrected chi connectivity index (χ1v) is 16.9. The fourth-order valence-electron chi connectivity index (χ4n) is 7.89. The molecule has 2 bridgehead atoms. The van der Waals surface area contributed by atoms with Crippen LogP contribution < -0.4 is 20.1 Å². The van der Waals surface area contributed by atoms with E-state index in [0.717, 1.165) is 34.1 Å². The van der Waals surface area contributed by atoms with Crippen molar-refractivity contribution < 1.29 is 45.5 Å². The van der Waals surface area contributed by atoms with Gasteiger partial charge in [-0.2, -0.15) is 0 Å². The van der Waals surface area contributed by atoms with E-state index in [0.29, 0.717) is 5.57 Å². The first-order chi connectivity index (χ1) is 21.0. The third-order valence-electron chi connectivity index (χ3n) is 9.53. The molecule has 3 aliphatic carbocycles. The number of rotatable bonds is 6. The summed E-state index contributed by atoms with van der Waals surface area (Å²) in [4.78, 5) is 71.5. The van der Waals surface area contributed by atoms with Crippen molar-refractivity contribution in [2.45, 2.75) is 30.6 Å². The maximum atomic E-state index is 14.2. The molecular formula is C29H28N4O10S2. The number of benzene rings is 2. The molecule has 14 nitrogen and oxygen atoms in total. The second kappa shape index (κ2) is 9.87. The van der Waals surface area contributed by atoms with Crippen LogP contribution >= 0.6 is 0 Å². The molecule has 236 valence electrons. The number of hydrogen-bond donors (Lipinski definition) is 2. The molecule has 4 N–H and O–H groups in total. The molecule has 3 fully saturated rings. The Labute approximate surface area is 258 Å². The molecule has 7 rings (SSSR count).